The van der Waals surface area contributed by atoms with E-state index >= 15 is 0 Å². The van der Waals surface area contributed by atoms with Crippen LogP contribution in [-0.4, -0.2) is 30.5 Å². The van der Waals surface area contributed by atoms with Crippen molar-refractivity contribution in [3.8, 4) is 0 Å². The summed E-state index contributed by atoms with van der Waals surface area (Å²) in [5, 5.41) is 1.37. The van der Waals surface area contributed by atoms with E-state index in [1.807, 2.05) is 13.8 Å². The Morgan fingerprint density at radius 2 is 1.88 bits per heavy atom. The maximum absolute atomic E-state index is 3.32. The SMILES string of the molecule is CC.Cc1ccc2[nH]cc(CCN(C)C)c2c1. The van der Waals surface area contributed by atoms with Crippen LogP contribution in [0.5, 0.6) is 0 Å². The normalized spacial score (nSPS) is 10.5. The average molecular weight is 232 g/mol. The number of benzene rings is 1. The Morgan fingerprint density at radius 3 is 2.53 bits per heavy atom. The molecule has 94 valence electrons. The molecule has 2 rings (SSSR count). The van der Waals surface area contributed by atoms with Gasteiger partial charge < -0.3 is 9.88 Å². The van der Waals surface area contributed by atoms with Gasteiger partial charge in [0, 0.05) is 23.6 Å². The molecule has 0 saturated heterocycles. The quantitative estimate of drug-likeness (QED) is 0.856. The van der Waals surface area contributed by atoms with Gasteiger partial charge in [0.1, 0.15) is 0 Å². The van der Waals surface area contributed by atoms with Gasteiger partial charge in [0.15, 0.2) is 0 Å². The van der Waals surface area contributed by atoms with Crippen molar-refractivity contribution in [1.82, 2.24) is 9.88 Å². The summed E-state index contributed by atoms with van der Waals surface area (Å²) in [4.78, 5) is 5.54. The summed E-state index contributed by atoms with van der Waals surface area (Å²) in [7, 11) is 4.22. The number of rotatable bonds is 3. The van der Waals surface area contributed by atoms with Gasteiger partial charge in [-0.05, 0) is 45.1 Å². The van der Waals surface area contributed by atoms with E-state index in [4.69, 9.17) is 0 Å². The molecular weight excluding hydrogens is 208 g/mol. The lowest BCUT2D eigenvalue weighted by molar-refractivity contribution is 0.414. The molecule has 0 radical (unpaired) electrons. The predicted molar refractivity (Wildman–Crippen MR) is 76.6 cm³/mol. The lowest BCUT2D eigenvalue weighted by Gasteiger charge is -2.08. The Bertz CT molecular complexity index is 455. The van der Waals surface area contributed by atoms with Crippen LogP contribution in [0.1, 0.15) is 25.0 Å². The first-order chi connectivity index (χ1) is 8.16. The van der Waals surface area contributed by atoms with Gasteiger partial charge in [-0.25, -0.2) is 0 Å². The Balaban J connectivity index is 0.000000686. The molecule has 1 heterocycles. The maximum Gasteiger partial charge on any atom is 0.0456 e. The van der Waals surface area contributed by atoms with E-state index in [1.54, 1.807) is 0 Å². The number of nitrogens with zero attached hydrogens (tertiary/aromatic N) is 1. The molecule has 0 spiro atoms. The number of fused-ring (bicyclic) bond motifs is 1. The number of aromatic amines is 1. The molecule has 0 saturated carbocycles. The van der Waals surface area contributed by atoms with Crippen LogP contribution < -0.4 is 0 Å². The van der Waals surface area contributed by atoms with Gasteiger partial charge in [0.05, 0.1) is 0 Å². The van der Waals surface area contributed by atoms with Crippen molar-refractivity contribution in [2.24, 2.45) is 0 Å². The van der Waals surface area contributed by atoms with E-state index < -0.39 is 0 Å². The average Bonchev–Trinajstić information content (AvgIpc) is 2.71. The number of hydrogen-bond donors (Lipinski definition) is 1. The van der Waals surface area contributed by atoms with Crippen LogP contribution in [0.2, 0.25) is 0 Å². The molecule has 0 aliphatic heterocycles. The first-order valence-electron chi connectivity index (χ1n) is 6.38. The summed E-state index contributed by atoms with van der Waals surface area (Å²) in [5.74, 6) is 0. The zero-order valence-electron chi connectivity index (χ0n) is 11.7. The standard InChI is InChI=1S/C13H18N2.C2H6/c1-10-4-5-13-12(8-10)11(9-14-13)6-7-15(2)3;1-2/h4-5,8-9,14H,6-7H2,1-3H3;1-2H3. The first kappa shape index (κ1) is 13.8. The van der Waals surface area contributed by atoms with Gasteiger partial charge >= 0.3 is 0 Å². The van der Waals surface area contributed by atoms with Crippen LogP contribution >= 0.6 is 0 Å². The summed E-state index contributed by atoms with van der Waals surface area (Å²) < 4.78 is 0. The fourth-order valence-electron chi connectivity index (χ4n) is 1.84. The fraction of sp³-hybridized carbons (Fsp3) is 0.467. The van der Waals surface area contributed by atoms with E-state index in [1.165, 1.54) is 22.0 Å². The number of nitrogens with one attached hydrogen (secondary N) is 1. The molecule has 0 aliphatic carbocycles. The second-order valence-corrected chi connectivity index (χ2v) is 4.42. The molecule has 0 bridgehead atoms. The Morgan fingerprint density at radius 1 is 1.18 bits per heavy atom. The predicted octanol–water partition coefficient (Wildman–Crippen LogP) is 3.61. The lowest BCUT2D eigenvalue weighted by atomic mass is 10.1. The van der Waals surface area contributed by atoms with Crippen molar-refractivity contribution in [1.29, 1.82) is 0 Å². The molecular formula is C15H24N2. The highest BCUT2D eigenvalue weighted by Gasteiger charge is 2.03. The molecule has 2 aromatic rings. The number of likely N-dealkylation sites (N-methyl/N-ethyl adjacent to an activating group) is 1. The number of aryl methyl sites for hydroxylation is 1. The maximum atomic E-state index is 3.32. The zero-order chi connectivity index (χ0) is 12.8. The lowest BCUT2D eigenvalue weighted by Crippen LogP contribution is -2.14. The third-order valence-corrected chi connectivity index (χ3v) is 2.75. The highest BCUT2D eigenvalue weighted by atomic mass is 15.0. The molecule has 1 aromatic carbocycles. The summed E-state index contributed by atoms with van der Waals surface area (Å²) in [6, 6.07) is 6.56. The molecule has 0 fully saturated rings. The van der Waals surface area contributed by atoms with E-state index in [2.05, 4.69) is 55.3 Å². The van der Waals surface area contributed by atoms with Gasteiger partial charge in [-0.3, -0.25) is 0 Å². The minimum atomic E-state index is 1.10. The van der Waals surface area contributed by atoms with Crippen LogP contribution in [0.15, 0.2) is 24.4 Å². The Labute approximate surface area is 105 Å². The third-order valence-electron chi connectivity index (χ3n) is 2.75. The Hall–Kier alpha value is -1.28. The molecule has 1 aromatic heterocycles. The highest BCUT2D eigenvalue weighted by Crippen LogP contribution is 2.20. The monoisotopic (exact) mass is 232 g/mol. The topological polar surface area (TPSA) is 19.0 Å². The molecule has 2 nitrogen and oxygen atoms in total. The fourth-order valence-corrected chi connectivity index (χ4v) is 1.84. The van der Waals surface area contributed by atoms with E-state index in [0.717, 1.165) is 13.0 Å². The summed E-state index contributed by atoms with van der Waals surface area (Å²) >= 11 is 0. The second kappa shape index (κ2) is 6.45. The number of aromatic nitrogens is 1. The molecule has 0 amide bonds. The van der Waals surface area contributed by atoms with Crippen molar-refractivity contribution >= 4 is 10.9 Å². The van der Waals surface area contributed by atoms with Gasteiger partial charge in [-0.15, -0.1) is 0 Å². The van der Waals surface area contributed by atoms with Crippen molar-refractivity contribution < 1.29 is 0 Å². The molecule has 1 N–H and O–H groups in total. The van der Waals surface area contributed by atoms with E-state index in [9.17, 15) is 0 Å². The van der Waals surface area contributed by atoms with E-state index in [-0.39, 0.29) is 0 Å². The van der Waals surface area contributed by atoms with Crippen molar-refractivity contribution in [2.75, 3.05) is 20.6 Å². The van der Waals surface area contributed by atoms with Crippen LogP contribution in [0.4, 0.5) is 0 Å². The summed E-state index contributed by atoms with van der Waals surface area (Å²) in [6.45, 7) is 7.24. The van der Waals surface area contributed by atoms with Crippen LogP contribution in [0, 0.1) is 6.92 Å². The van der Waals surface area contributed by atoms with Crippen LogP contribution in [-0.2, 0) is 6.42 Å². The number of hydrogen-bond acceptors (Lipinski definition) is 1. The third kappa shape index (κ3) is 3.60. The largest absolute Gasteiger partial charge is 0.361 e. The van der Waals surface area contributed by atoms with Gasteiger partial charge in [-0.2, -0.15) is 0 Å². The van der Waals surface area contributed by atoms with Crippen LogP contribution in [0.25, 0.3) is 10.9 Å². The molecule has 2 heteroatoms. The van der Waals surface area contributed by atoms with Crippen LogP contribution in [0.3, 0.4) is 0 Å². The van der Waals surface area contributed by atoms with Crippen molar-refractivity contribution in [3.63, 3.8) is 0 Å². The van der Waals surface area contributed by atoms with Gasteiger partial charge in [-0.1, -0.05) is 25.5 Å². The molecule has 0 aliphatic rings. The molecule has 17 heavy (non-hydrogen) atoms. The first-order valence-corrected chi connectivity index (χ1v) is 6.38. The zero-order valence-corrected chi connectivity index (χ0v) is 11.7. The molecule has 0 unspecified atom stereocenters. The molecule has 0 atom stereocenters. The smallest absolute Gasteiger partial charge is 0.0456 e. The summed E-state index contributed by atoms with van der Waals surface area (Å²) in [5.41, 5.74) is 3.99. The second-order valence-electron chi connectivity index (χ2n) is 4.42. The summed E-state index contributed by atoms with van der Waals surface area (Å²) in [6.07, 6.45) is 3.24. The van der Waals surface area contributed by atoms with Gasteiger partial charge in [0.25, 0.3) is 0 Å². The number of H-pyrrole nitrogens is 1. The van der Waals surface area contributed by atoms with E-state index in [0.29, 0.717) is 0 Å². The highest BCUT2D eigenvalue weighted by molar-refractivity contribution is 5.83. The Kier molecular flexibility index (Phi) is 5.23. The minimum Gasteiger partial charge on any atom is -0.361 e. The van der Waals surface area contributed by atoms with Crippen molar-refractivity contribution in [2.45, 2.75) is 27.2 Å². The van der Waals surface area contributed by atoms with Gasteiger partial charge in [0.2, 0.25) is 0 Å². The minimum absolute atomic E-state index is 1.10. The van der Waals surface area contributed by atoms with Crippen molar-refractivity contribution in [3.05, 3.63) is 35.5 Å².